The van der Waals surface area contributed by atoms with Crippen molar-refractivity contribution in [3.8, 4) is 5.75 Å². The molecule has 27 heavy (non-hydrogen) atoms. The largest absolute Gasteiger partial charge is 0.508 e. The molecule has 9 heteroatoms. The molecule has 0 aliphatic carbocycles. The topological polar surface area (TPSA) is 106 Å². The first-order chi connectivity index (χ1) is 12.8. The molecular formula is C18H20N6O3. The summed E-state index contributed by atoms with van der Waals surface area (Å²) >= 11 is 0. The molecule has 0 aliphatic heterocycles. The molecule has 0 spiro atoms. The minimum atomic E-state index is -0.458. The van der Waals surface area contributed by atoms with Crippen molar-refractivity contribution in [2.24, 2.45) is 19.2 Å². The Labute approximate surface area is 154 Å². The Hall–Kier alpha value is -3.62. The Morgan fingerprint density at radius 2 is 1.93 bits per heavy atom. The number of hydrogen-bond acceptors (Lipinski definition) is 6. The number of aryl methyl sites for hydroxylation is 2. The van der Waals surface area contributed by atoms with E-state index in [0.717, 1.165) is 10.1 Å². The summed E-state index contributed by atoms with van der Waals surface area (Å²) in [5, 5.41) is 13.6. The van der Waals surface area contributed by atoms with E-state index >= 15 is 0 Å². The third-order valence-corrected chi connectivity index (χ3v) is 4.28. The molecule has 2 heterocycles. The summed E-state index contributed by atoms with van der Waals surface area (Å²) in [7, 11) is 3.23. The first kappa shape index (κ1) is 18.2. The van der Waals surface area contributed by atoms with Gasteiger partial charge >= 0.3 is 5.69 Å². The number of phenolic OH excluding ortho intramolecular Hbond substituents is 1. The second-order valence-corrected chi connectivity index (χ2v) is 6.07. The number of anilines is 1. The molecule has 0 aliphatic rings. The van der Waals surface area contributed by atoms with Crippen LogP contribution < -0.4 is 16.7 Å². The van der Waals surface area contributed by atoms with Gasteiger partial charge in [-0.05, 0) is 36.8 Å². The summed E-state index contributed by atoms with van der Waals surface area (Å²) < 4.78 is 3.98. The molecule has 140 valence electrons. The molecule has 0 bridgehead atoms. The van der Waals surface area contributed by atoms with Crippen LogP contribution in [0, 0.1) is 0 Å². The number of benzene rings is 1. The van der Waals surface area contributed by atoms with Crippen molar-refractivity contribution in [3.05, 3.63) is 63.3 Å². The van der Waals surface area contributed by atoms with Crippen molar-refractivity contribution >= 4 is 22.8 Å². The van der Waals surface area contributed by atoms with Crippen molar-refractivity contribution in [1.29, 1.82) is 0 Å². The molecule has 3 rings (SSSR count). The number of allylic oxidation sites excluding steroid dienone is 1. The van der Waals surface area contributed by atoms with Crippen molar-refractivity contribution < 1.29 is 5.11 Å². The Kier molecular flexibility index (Phi) is 4.68. The molecule has 0 fully saturated rings. The summed E-state index contributed by atoms with van der Waals surface area (Å²) in [6.45, 7) is 5.50. The number of nitrogens with one attached hydrogen (secondary N) is 1. The number of imidazole rings is 1. The standard InChI is InChI=1S/C18H20N6O3/c1-5-10-24-16(26)14-15(23(4)18(24)27)19-17(22(14)3)21-20-11(2)12-6-8-13(25)9-7-12/h5-9,25H,1,10H2,2-4H3,(H,19,21). The number of rotatable bonds is 5. The summed E-state index contributed by atoms with van der Waals surface area (Å²) in [6, 6.07) is 6.62. The molecule has 0 atom stereocenters. The number of phenols is 1. The van der Waals surface area contributed by atoms with E-state index in [2.05, 4.69) is 22.1 Å². The SMILES string of the molecule is C=CCn1c(=O)c2c(nc(NN=C(C)c3ccc(O)cc3)n2C)n(C)c1=O. The van der Waals surface area contributed by atoms with Crippen molar-refractivity contribution in [1.82, 2.24) is 18.7 Å². The summed E-state index contributed by atoms with van der Waals surface area (Å²) in [5.41, 5.74) is 3.99. The van der Waals surface area contributed by atoms with Crippen molar-refractivity contribution in [3.63, 3.8) is 0 Å². The highest BCUT2D eigenvalue weighted by molar-refractivity contribution is 5.99. The average Bonchev–Trinajstić information content (AvgIpc) is 2.99. The maximum absolute atomic E-state index is 12.7. The number of fused-ring (bicyclic) bond motifs is 1. The summed E-state index contributed by atoms with van der Waals surface area (Å²) in [6.07, 6.45) is 1.50. The van der Waals surface area contributed by atoms with Crippen LogP contribution in [0.15, 0.2) is 51.6 Å². The lowest BCUT2D eigenvalue weighted by atomic mass is 10.1. The molecule has 2 N–H and O–H groups in total. The average molecular weight is 368 g/mol. The number of aromatic nitrogens is 4. The fraction of sp³-hybridized carbons (Fsp3) is 0.222. The first-order valence-corrected chi connectivity index (χ1v) is 8.22. The van der Waals surface area contributed by atoms with Gasteiger partial charge in [-0.15, -0.1) is 6.58 Å². The normalized spacial score (nSPS) is 11.7. The van der Waals surface area contributed by atoms with Crippen LogP contribution >= 0.6 is 0 Å². The molecule has 0 unspecified atom stereocenters. The first-order valence-electron chi connectivity index (χ1n) is 8.22. The molecule has 0 saturated carbocycles. The van der Waals surface area contributed by atoms with Crippen LogP contribution in [0.1, 0.15) is 12.5 Å². The molecule has 9 nitrogen and oxygen atoms in total. The van der Waals surface area contributed by atoms with E-state index < -0.39 is 11.2 Å². The molecule has 0 amide bonds. The van der Waals surface area contributed by atoms with Crippen LogP contribution in [-0.2, 0) is 20.6 Å². The highest BCUT2D eigenvalue weighted by atomic mass is 16.3. The summed E-state index contributed by atoms with van der Waals surface area (Å²) in [4.78, 5) is 29.4. The Morgan fingerprint density at radius 1 is 1.26 bits per heavy atom. The van der Waals surface area contributed by atoms with Crippen LogP contribution in [0.2, 0.25) is 0 Å². The van der Waals surface area contributed by atoms with Gasteiger partial charge in [0, 0.05) is 20.6 Å². The number of hydrazone groups is 1. The van der Waals surface area contributed by atoms with Crippen molar-refractivity contribution in [2.75, 3.05) is 5.43 Å². The minimum Gasteiger partial charge on any atom is -0.508 e. The maximum atomic E-state index is 12.7. The highest BCUT2D eigenvalue weighted by Gasteiger charge is 2.17. The fourth-order valence-electron chi connectivity index (χ4n) is 2.73. The second kappa shape index (κ2) is 6.94. The molecule has 0 radical (unpaired) electrons. The zero-order chi connectivity index (χ0) is 19.7. The molecule has 1 aromatic carbocycles. The lowest BCUT2D eigenvalue weighted by Crippen LogP contribution is -2.39. The van der Waals surface area contributed by atoms with E-state index in [4.69, 9.17) is 0 Å². The van der Waals surface area contributed by atoms with E-state index in [-0.39, 0.29) is 17.9 Å². The van der Waals surface area contributed by atoms with Gasteiger partial charge in [-0.2, -0.15) is 10.1 Å². The van der Waals surface area contributed by atoms with Crippen LogP contribution in [0.25, 0.3) is 11.2 Å². The Morgan fingerprint density at radius 3 is 2.56 bits per heavy atom. The van der Waals surface area contributed by atoms with Crippen LogP contribution in [-0.4, -0.2) is 29.5 Å². The van der Waals surface area contributed by atoms with Gasteiger partial charge in [0.2, 0.25) is 5.95 Å². The van der Waals surface area contributed by atoms with Gasteiger partial charge in [-0.3, -0.25) is 13.9 Å². The second-order valence-electron chi connectivity index (χ2n) is 6.07. The molecular weight excluding hydrogens is 348 g/mol. The van der Waals surface area contributed by atoms with Gasteiger partial charge in [0.1, 0.15) is 5.75 Å². The predicted molar refractivity (Wildman–Crippen MR) is 104 cm³/mol. The minimum absolute atomic E-state index is 0.119. The van der Waals surface area contributed by atoms with Crippen molar-refractivity contribution in [2.45, 2.75) is 13.5 Å². The van der Waals surface area contributed by atoms with Gasteiger partial charge in [0.25, 0.3) is 5.56 Å². The molecule has 0 saturated heterocycles. The van der Waals surface area contributed by atoms with Crippen LogP contribution in [0.3, 0.4) is 0 Å². The van der Waals surface area contributed by atoms with E-state index in [1.807, 2.05) is 0 Å². The Bertz CT molecular complexity index is 1170. The number of nitrogens with zero attached hydrogens (tertiary/aromatic N) is 5. The van der Waals surface area contributed by atoms with Gasteiger partial charge in [0.05, 0.1) is 5.71 Å². The van der Waals surface area contributed by atoms with Gasteiger partial charge in [0.15, 0.2) is 11.2 Å². The smallest absolute Gasteiger partial charge is 0.332 e. The number of aromatic hydroxyl groups is 1. The summed E-state index contributed by atoms with van der Waals surface area (Å²) in [5.74, 6) is 0.498. The van der Waals surface area contributed by atoms with E-state index in [1.165, 1.54) is 10.6 Å². The lowest BCUT2D eigenvalue weighted by Gasteiger charge is -2.06. The Balaban J connectivity index is 2.06. The molecule has 2 aromatic heterocycles. The zero-order valence-electron chi connectivity index (χ0n) is 15.3. The van der Waals surface area contributed by atoms with E-state index in [9.17, 15) is 14.7 Å². The lowest BCUT2D eigenvalue weighted by molar-refractivity contribution is 0.475. The zero-order valence-corrected chi connectivity index (χ0v) is 15.3. The van der Waals surface area contributed by atoms with Gasteiger partial charge in [-0.25, -0.2) is 10.2 Å². The highest BCUT2D eigenvalue weighted by Crippen LogP contribution is 2.14. The quantitative estimate of drug-likeness (QED) is 0.399. The van der Waals surface area contributed by atoms with Crippen LogP contribution in [0.5, 0.6) is 5.75 Å². The fourth-order valence-corrected chi connectivity index (χ4v) is 2.73. The van der Waals surface area contributed by atoms with Crippen LogP contribution in [0.4, 0.5) is 5.95 Å². The predicted octanol–water partition coefficient (Wildman–Crippen LogP) is 1.16. The third-order valence-electron chi connectivity index (χ3n) is 4.28. The number of hydrogen-bond donors (Lipinski definition) is 2. The third kappa shape index (κ3) is 3.14. The maximum Gasteiger partial charge on any atom is 0.332 e. The van der Waals surface area contributed by atoms with Gasteiger partial charge in [-0.1, -0.05) is 6.08 Å². The monoisotopic (exact) mass is 368 g/mol. The van der Waals surface area contributed by atoms with E-state index in [0.29, 0.717) is 17.2 Å². The van der Waals surface area contributed by atoms with E-state index in [1.54, 1.807) is 49.9 Å². The molecule has 3 aromatic rings. The van der Waals surface area contributed by atoms with Gasteiger partial charge < -0.3 is 9.67 Å².